The lowest BCUT2D eigenvalue weighted by atomic mass is 10.1. The fraction of sp³-hybridized carbons (Fsp3) is 0.235. The van der Waals surface area contributed by atoms with Gasteiger partial charge in [0.25, 0.3) is 5.69 Å². The van der Waals surface area contributed by atoms with Gasteiger partial charge in [-0.15, -0.1) is 0 Å². The van der Waals surface area contributed by atoms with Gasteiger partial charge in [0.05, 0.1) is 30.7 Å². The van der Waals surface area contributed by atoms with Crippen LogP contribution in [0.1, 0.15) is 6.42 Å². The molecule has 0 radical (unpaired) electrons. The Hall–Kier alpha value is -3.09. The topological polar surface area (TPSA) is 81.9 Å². The predicted octanol–water partition coefficient (Wildman–Crippen LogP) is 3.06. The van der Waals surface area contributed by atoms with Crippen molar-refractivity contribution in [3.05, 3.63) is 58.6 Å². The Morgan fingerprint density at radius 3 is 2.75 bits per heavy atom. The van der Waals surface area contributed by atoms with Crippen LogP contribution in [0.2, 0.25) is 0 Å². The molecule has 0 aliphatic carbocycles. The van der Waals surface area contributed by atoms with E-state index in [9.17, 15) is 14.9 Å². The number of hydrogen-bond donors (Lipinski definition) is 0. The molecule has 1 aliphatic heterocycles. The number of carbonyl (C=O) groups is 1. The number of nitro benzene ring substituents is 1. The minimum absolute atomic E-state index is 0.00954. The van der Waals surface area contributed by atoms with Gasteiger partial charge in [0.2, 0.25) is 0 Å². The van der Waals surface area contributed by atoms with Gasteiger partial charge in [-0.25, -0.2) is 0 Å². The molecule has 2 aromatic carbocycles. The maximum atomic E-state index is 11.6. The highest BCUT2D eigenvalue weighted by molar-refractivity contribution is 5.74. The van der Waals surface area contributed by atoms with Crippen molar-refractivity contribution in [1.82, 2.24) is 0 Å². The van der Waals surface area contributed by atoms with Gasteiger partial charge in [0.1, 0.15) is 11.9 Å². The molecule has 1 aliphatic rings. The van der Waals surface area contributed by atoms with E-state index in [2.05, 4.69) is 0 Å². The lowest BCUT2D eigenvalue weighted by molar-refractivity contribution is -0.384. The molecule has 7 heteroatoms. The van der Waals surface area contributed by atoms with E-state index >= 15 is 0 Å². The monoisotopic (exact) mass is 328 g/mol. The highest BCUT2D eigenvalue weighted by Gasteiger charge is 2.30. The summed E-state index contributed by atoms with van der Waals surface area (Å²) in [7, 11) is 1.33. The Morgan fingerprint density at radius 1 is 1.33 bits per heavy atom. The van der Waals surface area contributed by atoms with Gasteiger partial charge in [0, 0.05) is 17.8 Å². The van der Waals surface area contributed by atoms with Crippen LogP contribution in [0.3, 0.4) is 0 Å². The van der Waals surface area contributed by atoms with Crippen molar-refractivity contribution < 1.29 is 19.2 Å². The summed E-state index contributed by atoms with van der Waals surface area (Å²) in [4.78, 5) is 24.1. The van der Waals surface area contributed by atoms with Crippen molar-refractivity contribution in [1.29, 1.82) is 0 Å². The van der Waals surface area contributed by atoms with Crippen LogP contribution < -0.4 is 9.64 Å². The zero-order chi connectivity index (χ0) is 17.1. The van der Waals surface area contributed by atoms with E-state index in [1.807, 2.05) is 35.2 Å². The van der Waals surface area contributed by atoms with Gasteiger partial charge >= 0.3 is 5.97 Å². The third kappa shape index (κ3) is 3.15. The largest absolute Gasteiger partial charge is 0.486 e. The molecule has 0 aromatic heterocycles. The average molecular weight is 328 g/mol. The number of nitro groups is 1. The lowest BCUT2D eigenvalue weighted by Crippen LogP contribution is -2.38. The smallest absolute Gasteiger partial charge is 0.309 e. The zero-order valence-electron chi connectivity index (χ0n) is 13.0. The fourth-order valence-electron chi connectivity index (χ4n) is 2.68. The molecular weight excluding hydrogens is 312 g/mol. The first-order valence-electron chi connectivity index (χ1n) is 7.43. The van der Waals surface area contributed by atoms with E-state index in [4.69, 9.17) is 9.47 Å². The molecule has 3 rings (SSSR count). The summed E-state index contributed by atoms with van der Waals surface area (Å²) >= 11 is 0. The molecule has 1 atom stereocenters. The second-order valence-electron chi connectivity index (χ2n) is 5.38. The average Bonchev–Trinajstić information content (AvgIpc) is 2.61. The number of fused-ring (bicyclic) bond motifs is 1. The lowest BCUT2D eigenvalue weighted by Gasteiger charge is -2.35. The first-order chi connectivity index (χ1) is 11.6. The second kappa shape index (κ2) is 6.57. The molecule has 7 nitrogen and oxygen atoms in total. The van der Waals surface area contributed by atoms with Crippen LogP contribution in [0.15, 0.2) is 48.5 Å². The molecule has 0 N–H and O–H groups in total. The maximum absolute atomic E-state index is 11.6. The van der Waals surface area contributed by atoms with E-state index in [0.29, 0.717) is 18.0 Å². The van der Waals surface area contributed by atoms with Crippen molar-refractivity contribution in [3.63, 3.8) is 0 Å². The van der Waals surface area contributed by atoms with Crippen molar-refractivity contribution in [2.24, 2.45) is 0 Å². The summed E-state index contributed by atoms with van der Waals surface area (Å²) < 4.78 is 10.5. The summed E-state index contributed by atoms with van der Waals surface area (Å²) in [6, 6.07) is 13.9. The van der Waals surface area contributed by atoms with Crippen molar-refractivity contribution in [2.45, 2.75) is 12.5 Å². The van der Waals surface area contributed by atoms with Crippen molar-refractivity contribution in [3.8, 4) is 5.75 Å². The first kappa shape index (κ1) is 15.8. The normalized spacial score (nSPS) is 16.0. The molecule has 0 spiro atoms. The van der Waals surface area contributed by atoms with Gasteiger partial charge in [0.15, 0.2) is 0 Å². The van der Waals surface area contributed by atoms with E-state index < -0.39 is 11.0 Å². The molecule has 2 aromatic rings. The summed E-state index contributed by atoms with van der Waals surface area (Å²) in [5.41, 5.74) is 1.47. The summed E-state index contributed by atoms with van der Waals surface area (Å²) in [6.07, 6.45) is -0.289. The summed E-state index contributed by atoms with van der Waals surface area (Å²) in [5, 5.41) is 11.1. The van der Waals surface area contributed by atoms with Crippen molar-refractivity contribution in [2.75, 3.05) is 18.6 Å². The number of para-hydroxylation sites is 1. The number of esters is 1. The fourth-order valence-corrected chi connectivity index (χ4v) is 2.68. The highest BCUT2D eigenvalue weighted by atomic mass is 16.6. The summed E-state index contributed by atoms with van der Waals surface area (Å²) in [6.45, 7) is 0.396. The Labute approximate surface area is 138 Å². The number of nitrogens with zero attached hydrogens (tertiary/aromatic N) is 2. The number of methoxy groups -OCH3 is 1. The molecular formula is C17H16N2O5. The van der Waals surface area contributed by atoms with E-state index in [1.54, 1.807) is 6.07 Å². The number of rotatable bonds is 4. The van der Waals surface area contributed by atoms with Crippen molar-refractivity contribution >= 4 is 23.0 Å². The zero-order valence-corrected chi connectivity index (χ0v) is 13.0. The third-order valence-electron chi connectivity index (χ3n) is 3.81. The number of ether oxygens (including phenoxy) is 2. The van der Waals surface area contributed by atoms with Gasteiger partial charge in [-0.05, 0) is 18.2 Å². The number of carbonyl (C=O) groups excluding carboxylic acids is 1. The number of anilines is 2. The third-order valence-corrected chi connectivity index (χ3v) is 3.81. The molecule has 1 heterocycles. The van der Waals surface area contributed by atoms with Gasteiger partial charge in [-0.2, -0.15) is 0 Å². The Morgan fingerprint density at radius 2 is 2.08 bits per heavy atom. The Bertz CT molecular complexity index is 763. The molecule has 124 valence electrons. The van der Waals surface area contributed by atoms with Crippen LogP contribution in [0.4, 0.5) is 17.1 Å². The van der Waals surface area contributed by atoms with Crippen LogP contribution >= 0.6 is 0 Å². The molecule has 0 fully saturated rings. The highest BCUT2D eigenvalue weighted by Crippen LogP contribution is 2.40. The molecule has 1 unspecified atom stereocenters. The standard InChI is InChI=1S/C17H16N2O5/c1-23-17(20)10-14-11-18(12-5-3-2-4-6-12)15-9-13(19(21)22)7-8-16(15)24-14/h2-9,14H,10-11H2,1H3. The molecule has 0 bridgehead atoms. The quantitative estimate of drug-likeness (QED) is 0.487. The van der Waals surface area contributed by atoms with E-state index in [1.165, 1.54) is 19.2 Å². The molecule has 0 saturated heterocycles. The Kier molecular flexibility index (Phi) is 4.33. The van der Waals surface area contributed by atoms with Gasteiger partial charge in [-0.3, -0.25) is 14.9 Å². The Balaban J connectivity index is 2.00. The SMILES string of the molecule is COC(=O)CC1CN(c2ccccc2)c2cc([N+](=O)[O-])ccc2O1. The maximum Gasteiger partial charge on any atom is 0.309 e. The second-order valence-corrected chi connectivity index (χ2v) is 5.38. The van der Waals surface area contributed by atoms with Crippen LogP contribution in [0.5, 0.6) is 5.75 Å². The van der Waals surface area contributed by atoms with Crippen LogP contribution in [-0.4, -0.2) is 30.7 Å². The van der Waals surface area contributed by atoms with Gasteiger partial charge < -0.3 is 14.4 Å². The predicted molar refractivity (Wildman–Crippen MR) is 87.6 cm³/mol. The van der Waals surface area contributed by atoms with Gasteiger partial charge in [-0.1, -0.05) is 18.2 Å². The minimum Gasteiger partial charge on any atom is -0.486 e. The van der Waals surface area contributed by atoms with E-state index in [0.717, 1.165) is 5.69 Å². The summed E-state index contributed by atoms with van der Waals surface area (Å²) in [5.74, 6) is 0.142. The first-order valence-corrected chi connectivity index (χ1v) is 7.43. The number of non-ortho nitro benzene ring substituents is 1. The van der Waals surface area contributed by atoms with Crippen LogP contribution in [0.25, 0.3) is 0 Å². The minimum atomic E-state index is -0.440. The van der Waals surface area contributed by atoms with Crippen LogP contribution in [-0.2, 0) is 9.53 Å². The number of hydrogen-bond acceptors (Lipinski definition) is 6. The molecule has 0 saturated carbocycles. The molecule has 24 heavy (non-hydrogen) atoms. The van der Waals surface area contributed by atoms with E-state index in [-0.39, 0.29) is 18.1 Å². The molecule has 0 amide bonds. The van der Waals surface area contributed by atoms with Crippen LogP contribution in [0, 0.1) is 10.1 Å². The number of benzene rings is 2.